The number of guanidine groups is 1. The predicted octanol–water partition coefficient (Wildman–Crippen LogP) is 3.35. The number of carbonyl (C=O) groups is 1. The number of halogens is 1. The summed E-state index contributed by atoms with van der Waals surface area (Å²) >= 11 is 0. The van der Waals surface area contributed by atoms with E-state index in [1.54, 1.807) is 31.1 Å². The van der Waals surface area contributed by atoms with Crippen LogP contribution in [0.15, 0.2) is 53.7 Å². The summed E-state index contributed by atoms with van der Waals surface area (Å²) in [5, 5.41) is 7.50. The lowest BCUT2D eigenvalue weighted by atomic mass is 10.1. The van der Waals surface area contributed by atoms with E-state index < -0.39 is 0 Å². The molecule has 3 rings (SSSR count). The average Bonchev–Trinajstić information content (AvgIpc) is 3.15. The zero-order valence-corrected chi connectivity index (χ0v) is 18.3. The van der Waals surface area contributed by atoms with E-state index in [-0.39, 0.29) is 11.7 Å². The van der Waals surface area contributed by atoms with Gasteiger partial charge in [-0.3, -0.25) is 9.79 Å². The first kappa shape index (κ1) is 22.3. The molecule has 31 heavy (non-hydrogen) atoms. The van der Waals surface area contributed by atoms with Crippen molar-refractivity contribution in [2.24, 2.45) is 4.99 Å². The minimum atomic E-state index is -0.233. The Morgan fingerprint density at radius 3 is 2.74 bits per heavy atom. The SMILES string of the molecule is CCNC(=NCCc1c[nH]c2ccc(F)cc12)NCCc1cccc(C(=O)N(C)C)c1. The molecule has 1 aromatic heterocycles. The van der Waals surface area contributed by atoms with Gasteiger partial charge in [-0.25, -0.2) is 4.39 Å². The van der Waals surface area contributed by atoms with Crippen molar-refractivity contribution in [3.8, 4) is 0 Å². The Balaban J connectivity index is 1.56. The van der Waals surface area contributed by atoms with Gasteiger partial charge >= 0.3 is 0 Å². The molecule has 0 saturated carbocycles. The number of aromatic amines is 1. The quantitative estimate of drug-likeness (QED) is 0.384. The lowest BCUT2D eigenvalue weighted by Gasteiger charge is -2.13. The number of H-pyrrole nitrogens is 1. The van der Waals surface area contributed by atoms with Crippen LogP contribution in [0, 0.1) is 5.82 Å². The van der Waals surface area contributed by atoms with Crippen molar-refractivity contribution in [2.75, 3.05) is 33.7 Å². The molecule has 3 N–H and O–H groups in total. The first-order valence-electron chi connectivity index (χ1n) is 10.6. The highest BCUT2D eigenvalue weighted by molar-refractivity contribution is 5.94. The Hall–Kier alpha value is -3.35. The molecule has 0 spiro atoms. The second-order valence-electron chi connectivity index (χ2n) is 7.59. The minimum Gasteiger partial charge on any atom is -0.361 e. The van der Waals surface area contributed by atoms with Crippen LogP contribution in [-0.4, -0.2) is 55.5 Å². The number of aliphatic imine (C=N–C) groups is 1. The summed E-state index contributed by atoms with van der Waals surface area (Å²) in [6, 6.07) is 12.5. The van der Waals surface area contributed by atoms with Crippen molar-refractivity contribution >= 4 is 22.8 Å². The number of hydrogen-bond acceptors (Lipinski definition) is 2. The Morgan fingerprint density at radius 2 is 1.97 bits per heavy atom. The number of rotatable bonds is 8. The average molecular weight is 424 g/mol. The number of nitrogens with one attached hydrogen (secondary N) is 3. The number of amides is 1. The molecule has 0 bridgehead atoms. The zero-order valence-electron chi connectivity index (χ0n) is 18.3. The van der Waals surface area contributed by atoms with Gasteiger partial charge in [-0.1, -0.05) is 12.1 Å². The number of aromatic nitrogens is 1. The topological polar surface area (TPSA) is 72.5 Å². The molecular weight excluding hydrogens is 393 g/mol. The molecule has 0 aliphatic carbocycles. The normalized spacial score (nSPS) is 11.5. The highest BCUT2D eigenvalue weighted by Crippen LogP contribution is 2.19. The van der Waals surface area contributed by atoms with Crippen LogP contribution in [-0.2, 0) is 12.8 Å². The molecule has 0 saturated heterocycles. The largest absolute Gasteiger partial charge is 0.361 e. The fourth-order valence-electron chi connectivity index (χ4n) is 3.43. The Bertz CT molecular complexity index is 1060. The second-order valence-corrected chi connectivity index (χ2v) is 7.59. The molecule has 2 aromatic carbocycles. The first-order valence-corrected chi connectivity index (χ1v) is 10.6. The summed E-state index contributed by atoms with van der Waals surface area (Å²) in [7, 11) is 3.50. The van der Waals surface area contributed by atoms with E-state index in [0.717, 1.165) is 41.0 Å². The van der Waals surface area contributed by atoms with Crippen molar-refractivity contribution < 1.29 is 9.18 Å². The fraction of sp³-hybridized carbons (Fsp3) is 0.333. The van der Waals surface area contributed by atoms with Crippen LogP contribution < -0.4 is 10.6 Å². The van der Waals surface area contributed by atoms with Gasteiger partial charge in [0.2, 0.25) is 0 Å². The van der Waals surface area contributed by atoms with E-state index in [9.17, 15) is 9.18 Å². The molecule has 0 unspecified atom stereocenters. The maximum Gasteiger partial charge on any atom is 0.253 e. The third kappa shape index (κ3) is 6.07. The monoisotopic (exact) mass is 423 g/mol. The highest BCUT2D eigenvalue weighted by Gasteiger charge is 2.08. The molecule has 3 aromatic rings. The minimum absolute atomic E-state index is 0.00173. The third-order valence-corrected chi connectivity index (χ3v) is 5.01. The number of carbonyl (C=O) groups excluding carboxylic acids is 1. The molecule has 0 atom stereocenters. The van der Waals surface area contributed by atoms with Gasteiger partial charge in [0.05, 0.1) is 0 Å². The second kappa shape index (κ2) is 10.6. The summed E-state index contributed by atoms with van der Waals surface area (Å²) in [4.78, 5) is 21.5. The summed E-state index contributed by atoms with van der Waals surface area (Å²) < 4.78 is 13.6. The Morgan fingerprint density at radius 1 is 1.13 bits per heavy atom. The van der Waals surface area contributed by atoms with Gasteiger partial charge in [0, 0.05) is 56.4 Å². The number of hydrogen-bond donors (Lipinski definition) is 3. The molecule has 0 aliphatic heterocycles. The van der Waals surface area contributed by atoms with Crippen LogP contribution >= 0.6 is 0 Å². The predicted molar refractivity (Wildman–Crippen MR) is 124 cm³/mol. The van der Waals surface area contributed by atoms with Gasteiger partial charge in [-0.15, -0.1) is 0 Å². The molecule has 1 amide bonds. The summed E-state index contributed by atoms with van der Waals surface area (Å²) in [5.41, 5.74) is 3.77. The highest BCUT2D eigenvalue weighted by atomic mass is 19.1. The van der Waals surface area contributed by atoms with E-state index >= 15 is 0 Å². The van der Waals surface area contributed by atoms with E-state index in [2.05, 4.69) is 20.6 Å². The first-order chi connectivity index (χ1) is 15.0. The van der Waals surface area contributed by atoms with Gasteiger partial charge in [-0.05, 0) is 61.2 Å². The standard InChI is InChI=1S/C24H30FN5O/c1-4-26-24(27-12-10-17-6-5-7-18(14-17)23(31)30(2)3)28-13-11-19-16-29-22-9-8-20(25)15-21(19)22/h5-9,14-16,29H,4,10-13H2,1-3H3,(H2,26,27,28). The Labute approximate surface area is 182 Å². The van der Waals surface area contributed by atoms with Crippen LogP contribution in [0.3, 0.4) is 0 Å². The molecule has 0 fully saturated rings. The van der Waals surface area contributed by atoms with Gasteiger partial charge in [-0.2, -0.15) is 0 Å². The van der Waals surface area contributed by atoms with E-state index in [4.69, 9.17) is 0 Å². The van der Waals surface area contributed by atoms with Crippen LogP contribution in [0.25, 0.3) is 10.9 Å². The molecule has 0 radical (unpaired) electrons. The fourth-order valence-corrected chi connectivity index (χ4v) is 3.43. The smallest absolute Gasteiger partial charge is 0.253 e. The molecule has 7 heteroatoms. The third-order valence-electron chi connectivity index (χ3n) is 5.01. The van der Waals surface area contributed by atoms with Crippen molar-refractivity contribution in [3.63, 3.8) is 0 Å². The van der Waals surface area contributed by atoms with E-state index in [1.807, 2.05) is 37.4 Å². The zero-order chi connectivity index (χ0) is 22.2. The maximum atomic E-state index is 13.6. The summed E-state index contributed by atoms with van der Waals surface area (Å²) in [6.45, 7) is 4.07. The van der Waals surface area contributed by atoms with Crippen LogP contribution in [0.2, 0.25) is 0 Å². The van der Waals surface area contributed by atoms with Crippen molar-refractivity contribution in [1.82, 2.24) is 20.5 Å². The molecule has 6 nitrogen and oxygen atoms in total. The molecule has 1 heterocycles. The van der Waals surface area contributed by atoms with E-state index in [1.165, 1.54) is 6.07 Å². The number of nitrogens with zero attached hydrogens (tertiary/aromatic N) is 2. The van der Waals surface area contributed by atoms with Crippen LogP contribution in [0.4, 0.5) is 4.39 Å². The summed E-state index contributed by atoms with van der Waals surface area (Å²) in [5.74, 6) is 0.513. The van der Waals surface area contributed by atoms with Crippen molar-refractivity contribution in [3.05, 3.63) is 71.2 Å². The summed E-state index contributed by atoms with van der Waals surface area (Å²) in [6.07, 6.45) is 3.41. The molecule has 164 valence electrons. The number of fused-ring (bicyclic) bond motifs is 1. The number of benzene rings is 2. The van der Waals surface area contributed by atoms with Gasteiger partial charge in [0.25, 0.3) is 5.91 Å². The maximum absolute atomic E-state index is 13.6. The molecular formula is C24H30FN5O. The van der Waals surface area contributed by atoms with Gasteiger partial charge in [0.1, 0.15) is 5.82 Å². The van der Waals surface area contributed by atoms with Crippen molar-refractivity contribution in [1.29, 1.82) is 0 Å². The van der Waals surface area contributed by atoms with Crippen LogP contribution in [0.1, 0.15) is 28.4 Å². The van der Waals surface area contributed by atoms with Gasteiger partial charge < -0.3 is 20.5 Å². The van der Waals surface area contributed by atoms with Gasteiger partial charge in [0.15, 0.2) is 5.96 Å². The van der Waals surface area contributed by atoms with Crippen molar-refractivity contribution in [2.45, 2.75) is 19.8 Å². The Kier molecular flexibility index (Phi) is 7.65. The molecule has 0 aliphatic rings. The van der Waals surface area contributed by atoms with Crippen LogP contribution in [0.5, 0.6) is 0 Å². The lowest BCUT2D eigenvalue weighted by molar-refractivity contribution is 0.0827. The lowest BCUT2D eigenvalue weighted by Crippen LogP contribution is -2.38. The van der Waals surface area contributed by atoms with E-state index in [0.29, 0.717) is 25.1 Å².